The molecule has 2 aromatic carbocycles. The maximum absolute atomic E-state index is 12.8. The van der Waals surface area contributed by atoms with Gasteiger partial charge in [-0.1, -0.05) is 47.7 Å². The maximum Gasteiger partial charge on any atom is 0.266 e. The molecule has 4 rings (SSSR count). The fourth-order valence-corrected chi connectivity index (χ4v) is 5.68. The van der Waals surface area contributed by atoms with Crippen molar-refractivity contribution in [1.29, 1.82) is 0 Å². The van der Waals surface area contributed by atoms with E-state index in [2.05, 4.69) is 20.0 Å². The topological polar surface area (TPSA) is 121 Å². The van der Waals surface area contributed by atoms with Crippen LogP contribution >= 0.6 is 35.6 Å². The Kier molecular flexibility index (Phi) is 7.93. The fourth-order valence-electron chi connectivity index (χ4n) is 3.36. The van der Waals surface area contributed by atoms with E-state index in [0.717, 1.165) is 17.3 Å². The van der Waals surface area contributed by atoms with Crippen molar-refractivity contribution in [3.63, 3.8) is 0 Å². The number of aryl methyl sites for hydroxylation is 2. The van der Waals surface area contributed by atoms with Crippen LogP contribution in [0, 0.1) is 13.8 Å². The minimum absolute atomic E-state index is 0.0246. The van der Waals surface area contributed by atoms with Gasteiger partial charge in [0.2, 0.25) is 11.9 Å². The second-order valence-corrected chi connectivity index (χ2v) is 11.8. The van der Waals surface area contributed by atoms with Crippen LogP contribution in [0.15, 0.2) is 64.4 Å². The van der Waals surface area contributed by atoms with Gasteiger partial charge in [-0.15, -0.1) is 0 Å². The van der Waals surface area contributed by atoms with Crippen LogP contribution in [-0.4, -0.2) is 46.0 Å². The number of hydrogen-bond donors (Lipinski definition) is 2. The van der Waals surface area contributed by atoms with Crippen molar-refractivity contribution >= 4 is 79.5 Å². The highest BCUT2D eigenvalue weighted by molar-refractivity contribution is 8.26. The number of benzene rings is 2. The summed E-state index contributed by atoms with van der Waals surface area (Å²) in [6.07, 6.45) is 1.68. The summed E-state index contributed by atoms with van der Waals surface area (Å²) in [5.41, 5.74) is 2.40. The van der Waals surface area contributed by atoms with Crippen LogP contribution in [0.1, 0.15) is 17.0 Å². The molecule has 2 amide bonds. The van der Waals surface area contributed by atoms with E-state index in [1.165, 1.54) is 29.2 Å². The second kappa shape index (κ2) is 11.0. The van der Waals surface area contributed by atoms with E-state index >= 15 is 0 Å². The summed E-state index contributed by atoms with van der Waals surface area (Å²) in [4.78, 5) is 35.1. The van der Waals surface area contributed by atoms with Gasteiger partial charge in [0, 0.05) is 22.1 Å². The molecule has 190 valence electrons. The van der Waals surface area contributed by atoms with Crippen molar-refractivity contribution in [3.8, 4) is 0 Å². The Balaban J connectivity index is 1.39. The van der Waals surface area contributed by atoms with Gasteiger partial charge in [-0.3, -0.25) is 14.5 Å². The Morgan fingerprint density at radius 1 is 1.08 bits per heavy atom. The van der Waals surface area contributed by atoms with Crippen LogP contribution in [0.5, 0.6) is 0 Å². The Labute approximate surface area is 228 Å². The molecular formula is C24H20ClN5O4S3. The number of aromatic nitrogens is 2. The van der Waals surface area contributed by atoms with Gasteiger partial charge in [-0.2, -0.15) is 0 Å². The molecule has 0 spiro atoms. The number of rotatable bonds is 7. The first-order valence-corrected chi connectivity index (χ1v) is 13.8. The minimum atomic E-state index is -3.93. The summed E-state index contributed by atoms with van der Waals surface area (Å²) in [7, 11) is -3.93. The lowest BCUT2D eigenvalue weighted by Gasteiger charge is -2.14. The molecule has 2 heterocycles. The van der Waals surface area contributed by atoms with E-state index in [0.29, 0.717) is 27.0 Å². The maximum atomic E-state index is 12.8. The molecule has 3 aromatic rings. The van der Waals surface area contributed by atoms with Gasteiger partial charge >= 0.3 is 0 Å². The van der Waals surface area contributed by atoms with Crippen LogP contribution in [-0.2, 0) is 19.6 Å². The predicted molar refractivity (Wildman–Crippen MR) is 149 cm³/mol. The number of carbonyl (C=O) groups excluding carboxylic acids is 2. The number of carbonyl (C=O) groups is 2. The van der Waals surface area contributed by atoms with Crippen LogP contribution < -0.4 is 10.0 Å². The molecule has 1 aliphatic rings. The van der Waals surface area contributed by atoms with Crippen molar-refractivity contribution in [1.82, 2.24) is 14.9 Å². The second-order valence-electron chi connectivity index (χ2n) is 7.97. The first-order chi connectivity index (χ1) is 17.5. The summed E-state index contributed by atoms with van der Waals surface area (Å²) in [6, 6.07) is 14.3. The van der Waals surface area contributed by atoms with Gasteiger partial charge in [-0.05, 0) is 68.0 Å². The first-order valence-electron chi connectivity index (χ1n) is 10.8. The number of halogens is 1. The third-order valence-electron chi connectivity index (χ3n) is 5.00. The van der Waals surface area contributed by atoms with Crippen LogP contribution in [0.4, 0.5) is 11.6 Å². The molecule has 37 heavy (non-hydrogen) atoms. The van der Waals surface area contributed by atoms with Gasteiger partial charge in [0.15, 0.2) is 0 Å². The molecule has 0 bridgehead atoms. The zero-order valence-corrected chi connectivity index (χ0v) is 22.8. The molecule has 0 aliphatic carbocycles. The van der Waals surface area contributed by atoms with Crippen molar-refractivity contribution in [3.05, 3.63) is 81.5 Å². The summed E-state index contributed by atoms with van der Waals surface area (Å²) >= 11 is 12.3. The number of amides is 2. The molecule has 1 aliphatic heterocycles. The smallest absolute Gasteiger partial charge is 0.266 e. The fraction of sp³-hybridized carbons (Fsp3) is 0.125. The Bertz CT molecular complexity index is 1500. The Hall–Kier alpha value is -3.32. The van der Waals surface area contributed by atoms with Gasteiger partial charge in [-0.25, -0.2) is 23.1 Å². The van der Waals surface area contributed by atoms with E-state index in [-0.39, 0.29) is 27.6 Å². The number of sulfonamides is 1. The third kappa shape index (κ3) is 6.72. The van der Waals surface area contributed by atoms with E-state index in [4.69, 9.17) is 23.8 Å². The van der Waals surface area contributed by atoms with Crippen molar-refractivity contribution in [2.45, 2.75) is 18.7 Å². The van der Waals surface area contributed by atoms with Crippen molar-refractivity contribution < 1.29 is 18.0 Å². The highest BCUT2D eigenvalue weighted by Crippen LogP contribution is 2.32. The minimum Gasteiger partial charge on any atom is -0.325 e. The molecule has 0 saturated carbocycles. The average molecular weight is 574 g/mol. The highest BCUT2D eigenvalue weighted by atomic mass is 35.5. The molecule has 0 unspecified atom stereocenters. The molecule has 1 saturated heterocycles. The molecule has 0 atom stereocenters. The number of nitrogens with zero attached hydrogens (tertiary/aromatic N) is 3. The Morgan fingerprint density at radius 3 is 2.32 bits per heavy atom. The average Bonchev–Trinajstić information content (AvgIpc) is 3.07. The van der Waals surface area contributed by atoms with Gasteiger partial charge in [0.1, 0.15) is 10.9 Å². The third-order valence-corrected chi connectivity index (χ3v) is 7.97. The lowest BCUT2D eigenvalue weighted by Crippen LogP contribution is -2.36. The summed E-state index contributed by atoms with van der Waals surface area (Å²) in [5.74, 6) is -0.883. The van der Waals surface area contributed by atoms with Gasteiger partial charge in [0.25, 0.3) is 15.9 Å². The van der Waals surface area contributed by atoms with E-state index in [1.807, 2.05) is 0 Å². The Morgan fingerprint density at radius 2 is 1.70 bits per heavy atom. The predicted octanol–water partition coefficient (Wildman–Crippen LogP) is 4.39. The van der Waals surface area contributed by atoms with E-state index in [9.17, 15) is 18.0 Å². The highest BCUT2D eigenvalue weighted by Gasteiger charge is 2.33. The SMILES string of the molecule is Cc1cc(C)nc(NS(=O)(=O)c2ccc(NC(=O)CN3C(=O)/C(=C\c4ccc(Cl)cc4)SC3=S)cc2)n1. The zero-order chi connectivity index (χ0) is 26.7. The van der Waals surface area contributed by atoms with Crippen molar-refractivity contribution in [2.24, 2.45) is 0 Å². The van der Waals surface area contributed by atoms with Crippen LogP contribution in [0.3, 0.4) is 0 Å². The van der Waals surface area contributed by atoms with Crippen LogP contribution in [0.2, 0.25) is 5.02 Å². The molecular weight excluding hydrogens is 554 g/mol. The summed E-state index contributed by atoms with van der Waals surface area (Å²) in [6.45, 7) is 3.19. The number of hydrogen-bond acceptors (Lipinski definition) is 8. The quantitative estimate of drug-likeness (QED) is 0.315. The molecule has 2 N–H and O–H groups in total. The van der Waals surface area contributed by atoms with Gasteiger partial charge < -0.3 is 5.32 Å². The van der Waals surface area contributed by atoms with Crippen LogP contribution in [0.25, 0.3) is 6.08 Å². The molecule has 13 heteroatoms. The molecule has 1 fully saturated rings. The summed E-state index contributed by atoms with van der Waals surface area (Å²) in [5, 5.41) is 3.23. The number of thiocarbonyl (C=S) groups is 1. The lowest BCUT2D eigenvalue weighted by atomic mass is 10.2. The number of thioether (sulfide) groups is 1. The standard InChI is InChI=1S/C24H20ClN5O4S3/c1-14-11-15(2)27-23(26-14)29-37(33,34)19-9-7-18(8-10-19)28-21(31)13-30-22(32)20(36-24(30)35)12-16-3-5-17(25)6-4-16/h3-12H,13H2,1-2H3,(H,28,31)(H,26,27,29)/b20-12+. The largest absolute Gasteiger partial charge is 0.325 e. The van der Waals surface area contributed by atoms with Crippen molar-refractivity contribution in [2.75, 3.05) is 16.6 Å². The number of nitrogens with one attached hydrogen (secondary N) is 2. The molecule has 9 nitrogen and oxygen atoms in total. The van der Waals surface area contributed by atoms with Gasteiger partial charge in [0.05, 0.1) is 9.80 Å². The lowest BCUT2D eigenvalue weighted by molar-refractivity contribution is -0.126. The monoisotopic (exact) mass is 573 g/mol. The first kappa shape index (κ1) is 26.7. The molecule has 1 aromatic heterocycles. The molecule has 0 radical (unpaired) electrons. The summed E-state index contributed by atoms with van der Waals surface area (Å²) < 4.78 is 28.0. The zero-order valence-electron chi connectivity index (χ0n) is 19.6. The number of anilines is 2. The normalized spacial score (nSPS) is 14.8. The van der Waals surface area contributed by atoms with E-state index < -0.39 is 15.9 Å². The van der Waals surface area contributed by atoms with E-state index in [1.54, 1.807) is 50.3 Å².